The van der Waals surface area contributed by atoms with Crippen molar-refractivity contribution in [3.63, 3.8) is 0 Å². The molecule has 0 aliphatic carbocycles. The first-order chi connectivity index (χ1) is 12.6. The smallest absolute Gasteiger partial charge is 0.258 e. The second-order valence-electron chi connectivity index (χ2n) is 5.73. The molecule has 3 rings (SSSR count). The monoisotopic (exact) mass is 413 g/mol. The third-order valence-corrected chi connectivity index (χ3v) is 6.17. The molecule has 0 saturated carbocycles. The van der Waals surface area contributed by atoms with Crippen LogP contribution in [0.25, 0.3) is 10.2 Å². The molecule has 9 heteroatoms. The Bertz CT molecular complexity index is 872. The van der Waals surface area contributed by atoms with E-state index in [1.807, 2.05) is 29.7 Å². The Morgan fingerprint density at radius 3 is 2.81 bits per heavy atom. The number of benzene rings is 1. The number of rotatable bonds is 5. The molecular weight excluding hydrogens is 394 g/mol. The van der Waals surface area contributed by atoms with Crippen molar-refractivity contribution in [3.05, 3.63) is 28.0 Å². The van der Waals surface area contributed by atoms with Crippen LogP contribution in [0.2, 0.25) is 5.02 Å². The van der Waals surface area contributed by atoms with Crippen molar-refractivity contribution in [2.75, 3.05) is 37.8 Å². The summed E-state index contributed by atoms with van der Waals surface area (Å²) in [5, 5.41) is 0.664. The summed E-state index contributed by atoms with van der Waals surface area (Å²) in [5.41, 5.74) is 1.02. The first kappa shape index (κ1) is 19.4. The Morgan fingerprint density at radius 2 is 2.08 bits per heavy atom. The number of nitrogens with zero attached hydrogens (tertiary/aromatic N) is 3. The van der Waals surface area contributed by atoms with Crippen LogP contribution in [0, 0.1) is 0 Å². The molecule has 2 amide bonds. The molecule has 0 unspecified atom stereocenters. The Hall–Kier alpha value is -1.35. The predicted molar refractivity (Wildman–Crippen MR) is 106 cm³/mol. The normalized spacial score (nSPS) is 15.6. The van der Waals surface area contributed by atoms with E-state index in [1.54, 1.807) is 4.90 Å². The number of fused-ring (bicyclic) bond motifs is 1. The molecule has 6 nitrogen and oxygen atoms in total. The van der Waals surface area contributed by atoms with Crippen molar-refractivity contribution in [3.8, 4) is 0 Å². The summed E-state index contributed by atoms with van der Waals surface area (Å²) in [6.45, 7) is 5.14. The van der Waals surface area contributed by atoms with Gasteiger partial charge in [-0.1, -0.05) is 22.9 Å². The van der Waals surface area contributed by atoms with E-state index < -0.39 is 0 Å². The summed E-state index contributed by atoms with van der Waals surface area (Å²) in [4.78, 5) is 31.0. The van der Waals surface area contributed by atoms with Crippen LogP contribution in [0.15, 0.2) is 23.2 Å². The highest BCUT2D eigenvalue weighted by Gasteiger charge is 2.17. The van der Waals surface area contributed by atoms with Gasteiger partial charge in [0.1, 0.15) is 0 Å². The standard InChI is InChI=1S/C17H20ClN3O3S2/c1-2-21-13-4-3-12(18)9-14(13)26-17(21)19-15(22)10-25-11-16(23)20-5-7-24-8-6-20/h3-4,9H,2,5-8,10-11H2,1H3. The van der Waals surface area contributed by atoms with Crippen LogP contribution in [0.4, 0.5) is 0 Å². The lowest BCUT2D eigenvalue weighted by Gasteiger charge is -2.26. The zero-order valence-corrected chi connectivity index (χ0v) is 16.8. The highest BCUT2D eigenvalue weighted by atomic mass is 35.5. The summed E-state index contributed by atoms with van der Waals surface area (Å²) in [7, 11) is 0. The maximum Gasteiger partial charge on any atom is 0.258 e. The Morgan fingerprint density at radius 1 is 1.31 bits per heavy atom. The zero-order valence-electron chi connectivity index (χ0n) is 14.4. The van der Waals surface area contributed by atoms with E-state index >= 15 is 0 Å². The van der Waals surface area contributed by atoms with Gasteiger partial charge in [-0.15, -0.1) is 11.8 Å². The minimum absolute atomic E-state index is 0.0474. The average Bonchev–Trinajstić information content (AvgIpc) is 2.98. The molecule has 2 heterocycles. The number of hydrogen-bond donors (Lipinski definition) is 0. The number of carbonyl (C=O) groups is 2. The Kier molecular flexibility index (Phi) is 6.74. The van der Waals surface area contributed by atoms with E-state index in [0.717, 1.165) is 16.8 Å². The van der Waals surface area contributed by atoms with Crippen molar-refractivity contribution < 1.29 is 14.3 Å². The van der Waals surface area contributed by atoms with Gasteiger partial charge in [-0.05, 0) is 25.1 Å². The van der Waals surface area contributed by atoms with Gasteiger partial charge in [0.25, 0.3) is 5.91 Å². The lowest BCUT2D eigenvalue weighted by Crippen LogP contribution is -2.41. The maximum atomic E-state index is 12.2. The fourth-order valence-electron chi connectivity index (χ4n) is 2.71. The lowest BCUT2D eigenvalue weighted by molar-refractivity contribution is -0.132. The van der Waals surface area contributed by atoms with Crippen molar-refractivity contribution in [2.45, 2.75) is 13.5 Å². The van der Waals surface area contributed by atoms with Gasteiger partial charge in [0.05, 0.1) is 34.9 Å². The number of hydrogen-bond acceptors (Lipinski definition) is 5. The summed E-state index contributed by atoms with van der Waals surface area (Å²) >= 11 is 8.79. The quantitative estimate of drug-likeness (QED) is 0.755. The number of aryl methyl sites for hydroxylation is 1. The van der Waals surface area contributed by atoms with E-state index in [-0.39, 0.29) is 23.3 Å². The number of morpholine rings is 1. The molecule has 2 aromatic rings. The fourth-order valence-corrected chi connectivity index (χ4v) is 4.79. The summed E-state index contributed by atoms with van der Waals surface area (Å²) in [5.74, 6) is 0.294. The molecule has 26 heavy (non-hydrogen) atoms. The molecule has 1 aliphatic rings. The second kappa shape index (κ2) is 9.03. The minimum atomic E-state index is -0.232. The van der Waals surface area contributed by atoms with Gasteiger partial charge in [0.2, 0.25) is 5.91 Å². The molecule has 0 N–H and O–H groups in total. The van der Waals surface area contributed by atoms with Gasteiger partial charge in [0.15, 0.2) is 4.80 Å². The SMILES string of the molecule is CCn1c(=NC(=O)CSCC(=O)N2CCOCC2)sc2cc(Cl)ccc21. The highest BCUT2D eigenvalue weighted by molar-refractivity contribution is 8.00. The van der Waals surface area contributed by atoms with Gasteiger partial charge in [-0.25, -0.2) is 0 Å². The van der Waals surface area contributed by atoms with Crippen molar-refractivity contribution >= 4 is 56.7 Å². The Balaban J connectivity index is 1.63. The van der Waals surface area contributed by atoms with Crippen LogP contribution >= 0.6 is 34.7 Å². The zero-order chi connectivity index (χ0) is 18.5. The van der Waals surface area contributed by atoms with Crippen LogP contribution in [-0.2, 0) is 20.9 Å². The summed E-state index contributed by atoms with van der Waals surface area (Å²) < 4.78 is 8.23. The van der Waals surface area contributed by atoms with E-state index in [2.05, 4.69) is 4.99 Å². The number of amides is 2. The topological polar surface area (TPSA) is 63.9 Å². The van der Waals surface area contributed by atoms with Crippen LogP contribution in [-0.4, -0.2) is 59.1 Å². The van der Waals surface area contributed by atoms with E-state index in [1.165, 1.54) is 23.1 Å². The number of carbonyl (C=O) groups excluding carboxylic acids is 2. The maximum absolute atomic E-state index is 12.2. The molecule has 1 aromatic carbocycles. The lowest BCUT2D eigenvalue weighted by atomic mass is 10.3. The molecule has 140 valence electrons. The van der Waals surface area contributed by atoms with Crippen molar-refractivity contribution in [2.24, 2.45) is 4.99 Å². The average molecular weight is 414 g/mol. The predicted octanol–water partition coefficient (Wildman–Crippen LogP) is 2.40. The molecule has 1 aromatic heterocycles. The number of halogens is 1. The minimum Gasteiger partial charge on any atom is -0.378 e. The number of thiazole rings is 1. The first-order valence-corrected chi connectivity index (χ1v) is 10.7. The van der Waals surface area contributed by atoms with Gasteiger partial charge < -0.3 is 14.2 Å². The van der Waals surface area contributed by atoms with Gasteiger partial charge in [0, 0.05) is 24.7 Å². The van der Waals surface area contributed by atoms with Gasteiger partial charge in [-0.3, -0.25) is 9.59 Å². The van der Waals surface area contributed by atoms with E-state index in [9.17, 15) is 9.59 Å². The number of thioether (sulfide) groups is 1. The van der Waals surface area contributed by atoms with E-state index in [4.69, 9.17) is 16.3 Å². The molecular formula is C17H20ClN3O3S2. The van der Waals surface area contributed by atoms with Crippen LogP contribution in [0.3, 0.4) is 0 Å². The molecule has 1 fully saturated rings. The van der Waals surface area contributed by atoms with Crippen LogP contribution < -0.4 is 4.80 Å². The first-order valence-electron chi connectivity index (χ1n) is 8.38. The van der Waals surface area contributed by atoms with Crippen LogP contribution in [0.1, 0.15) is 6.92 Å². The summed E-state index contributed by atoms with van der Waals surface area (Å²) in [6.07, 6.45) is 0. The van der Waals surface area contributed by atoms with Crippen molar-refractivity contribution in [1.82, 2.24) is 9.47 Å². The molecule has 0 bridgehead atoms. The summed E-state index contributed by atoms with van der Waals surface area (Å²) in [6, 6.07) is 5.66. The molecule has 0 radical (unpaired) electrons. The number of aromatic nitrogens is 1. The third-order valence-electron chi connectivity index (χ3n) is 4.00. The largest absolute Gasteiger partial charge is 0.378 e. The third kappa shape index (κ3) is 4.68. The number of ether oxygens (including phenoxy) is 1. The van der Waals surface area contributed by atoms with Crippen LogP contribution in [0.5, 0.6) is 0 Å². The molecule has 0 spiro atoms. The fraction of sp³-hybridized carbons (Fsp3) is 0.471. The van der Waals surface area contributed by atoms with Gasteiger partial charge in [-0.2, -0.15) is 4.99 Å². The highest BCUT2D eigenvalue weighted by Crippen LogP contribution is 2.21. The van der Waals surface area contributed by atoms with E-state index in [0.29, 0.717) is 36.1 Å². The molecule has 0 atom stereocenters. The van der Waals surface area contributed by atoms with Gasteiger partial charge >= 0.3 is 0 Å². The molecule has 1 saturated heterocycles. The second-order valence-corrected chi connectivity index (χ2v) is 8.16. The Labute approximate surface area is 164 Å². The molecule has 1 aliphatic heterocycles. The van der Waals surface area contributed by atoms with Crippen molar-refractivity contribution in [1.29, 1.82) is 0 Å².